The molecule has 3 heterocycles. The van der Waals surface area contributed by atoms with Crippen LogP contribution in [0.15, 0.2) is 0 Å². The summed E-state index contributed by atoms with van der Waals surface area (Å²) >= 11 is 6.30. The SMILES string of the molecule is Cc1nn(C)c(Cl)c1CN1CCCC2C(=O)NCC21. The molecular formula is C13H19ClN4O. The van der Waals surface area contributed by atoms with Crippen LogP contribution in [0, 0.1) is 12.8 Å². The van der Waals surface area contributed by atoms with Crippen molar-refractivity contribution in [2.24, 2.45) is 13.0 Å². The molecule has 1 aromatic heterocycles. The maximum atomic E-state index is 11.8. The average Bonchev–Trinajstić information content (AvgIpc) is 2.87. The largest absolute Gasteiger partial charge is 0.354 e. The average molecular weight is 283 g/mol. The highest BCUT2D eigenvalue weighted by Crippen LogP contribution is 2.30. The third-order valence-electron chi connectivity index (χ3n) is 4.35. The van der Waals surface area contributed by atoms with Crippen molar-refractivity contribution in [3.8, 4) is 0 Å². The third kappa shape index (κ3) is 2.15. The number of nitrogens with one attached hydrogen (secondary N) is 1. The molecule has 0 spiro atoms. The van der Waals surface area contributed by atoms with Crippen molar-refractivity contribution in [2.45, 2.75) is 32.4 Å². The standard InChI is InChI=1S/C13H19ClN4O/c1-8-10(12(14)17(2)16-8)7-18-5-3-4-9-11(18)6-15-13(9)19/h9,11H,3-7H2,1-2H3,(H,15,19). The van der Waals surface area contributed by atoms with Gasteiger partial charge in [0.25, 0.3) is 0 Å². The maximum Gasteiger partial charge on any atom is 0.224 e. The van der Waals surface area contributed by atoms with Gasteiger partial charge in [-0.25, -0.2) is 0 Å². The van der Waals surface area contributed by atoms with Crippen molar-refractivity contribution in [1.29, 1.82) is 0 Å². The second kappa shape index (κ2) is 4.80. The summed E-state index contributed by atoms with van der Waals surface area (Å²) < 4.78 is 1.71. The molecule has 6 heteroatoms. The number of nitrogens with zero attached hydrogens (tertiary/aromatic N) is 3. The Hall–Kier alpha value is -1.07. The maximum absolute atomic E-state index is 11.8. The lowest BCUT2D eigenvalue weighted by atomic mass is 9.91. The first kappa shape index (κ1) is 12.9. The van der Waals surface area contributed by atoms with E-state index in [4.69, 9.17) is 11.6 Å². The molecule has 1 amide bonds. The second-order valence-electron chi connectivity index (χ2n) is 5.51. The van der Waals surface area contributed by atoms with Gasteiger partial charge < -0.3 is 5.32 Å². The molecule has 2 aliphatic heterocycles. The lowest BCUT2D eigenvalue weighted by Crippen LogP contribution is -2.45. The van der Waals surface area contributed by atoms with E-state index in [1.807, 2.05) is 14.0 Å². The number of aromatic nitrogens is 2. The zero-order valence-electron chi connectivity index (χ0n) is 11.3. The molecule has 0 radical (unpaired) electrons. The van der Waals surface area contributed by atoms with Gasteiger partial charge in [-0.1, -0.05) is 11.6 Å². The first-order valence-electron chi connectivity index (χ1n) is 6.77. The van der Waals surface area contributed by atoms with Crippen LogP contribution < -0.4 is 5.32 Å². The molecule has 19 heavy (non-hydrogen) atoms. The van der Waals surface area contributed by atoms with E-state index in [1.54, 1.807) is 4.68 Å². The van der Waals surface area contributed by atoms with Crippen LogP contribution >= 0.6 is 11.6 Å². The fourth-order valence-electron chi connectivity index (χ4n) is 3.29. The summed E-state index contributed by atoms with van der Waals surface area (Å²) in [6, 6.07) is 0.317. The molecule has 2 atom stereocenters. The minimum absolute atomic E-state index is 0.157. The van der Waals surface area contributed by atoms with Gasteiger partial charge in [0.05, 0.1) is 11.6 Å². The molecule has 0 saturated carbocycles. The van der Waals surface area contributed by atoms with Crippen molar-refractivity contribution < 1.29 is 4.79 Å². The van der Waals surface area contributed by atoms with Crippen molar-refractivity contribution >= 4 is 17.5 Å². The highest BCUT2D eigenvalue weighted by Gasteiger charge is 2.40. The topological polar surface area (TPSA) is 50.2 Å². The Kier molecular flexibility index (Phi) is 3.27. The van der Waals surface area contributed by atoms with E-state index in [1.165, 1.54) is 0 Å². The van der Waals surface area contributed by atoms with Crippen LogP contribution in [0.3, 0.4) is 0 Å². The van der Waals surface area contributed by atoms with Gasteiger partial charge in [-0.2, -0.15) is 5.10 Å². The first-order valence-corrected chi connectivity index (χ1v) is 7.15. The van der Waals surface area contributed by atoms with Crippen molar-refractivity contribution in [3.63, 3.8) is 0 Å². The minimum Gasteiger partial charge on any atom is -0.354 e. The summed E-state index contributed by atoms with van der Waals surface area (Å²) in [5, 5.41) is 8.03. The molecule has 104 valence electrons. The number of halogens is 1. The zero-order chi connectivity index (χ0) is 13.6. The van der Waals surface area contributed by atoms with Gasteiger partial charge in [0.1, 0.15) is 5.15 Å². The summed E-state index contributed by atoms with van der Waals surface area (Å²) in [6.07, 6.45) is 2.08. The second-order valence-corrected chi connectivity index (χ2v) is 5.87. The number of rotatable bonds is 2. The first-order chi connectivity index (χ1) is 9.08. The molecule has 2 unspecified atom stereocenters. The summed E-state index contributed by atoms with van der Waals surface area (Å²) in [5.74, 6) is 0.369. The van der Waals surface area contributed by atoms with E-state index in [0.29, 0.717) is 11.2 Å². The van der Waals surface area contributed by atoms with Crippen LogP contribution in [0.25, 0.3) is 0 Å². The number of piperidine rings is 1. The van der Waals surface area contributed by atoms with Crippen LogP contribution in [0.1, 0.15) is 24.1 Å². The molecule has 0 bridgehead atoms. The molecule has 2 aliphatic rings. The van der Waals surface area contributed by atoms with Crippen molar-refractivity contribution in [3.05, 3.63) is 16.4 Å². The van der Waals surface area contributed by atoms with Crippen molar-refractivity contribution in [1.82, 2.24) is 20.0 Å². The molecular weight excluding hydrogens is 264 g/mol. The molecule has 0 aromatic carbocycles. The molecule has 5 nitrogen and oxygen atoms in total. The fraction of sp³-hybridized carbons (Fsp3) is 0.692. The van der Waals surface area contributed by atoms with Crippen LogP contribution in [0.2, 0.25) is 5.15 Å². The molecule has 0 aliphatic carbocycles. The van der Waals surface area contributed by atoms with Gasteiger partial charge in [-0.15, -0.1) is 0 Å². The van der Waals surface area contributed by atoms with Crippen LogP contribution in [-0.4, -0.2) is 39.7 Å². The minimum atomic E-state index is 0.157. The highest BCUT2D eigenvalue weighted by molar-refractivity contribution is 6.30. The van der Waals surface area contributed by atoms with Crippen LogP contribution in [0.5, 0.6) is 0 Å². The molecule has 2 fully saturated rings. The molecule has 2 saturated heterocycles. The fourth-order valence-corrected chi connectivity index (χ4v) is 3.53. The Morgan fingerprint density at radius 1 is 1.53 bits per heavy atom. The lowest BCUT2D eigenvalue weighted by molar-refractivity contribution is -0.124. The van der Waals surface area contributed by atoms with Gasteiger partial charge in [0.15, 0.2) is 0 Å². The Balaban J connectivity index is 1.81. The van der Waals surface area contributed by atoms with Gasteiger partial charge in [-0.3, -0.25) is 14.4 Å². The number of hydrogen-bond donors (Lipinski definition) is 1. The van der Waals surface area contributed by atoms with E-state index < -0.39 is 0 Å². The summed E-state index contributed by atoms with van der Waals surface area (Å²) in [4.78, 5) is 14.1. The number of amides is 1. The van der Waals surface area contributed by atoms with E-state index in [-0.39, 0.29) is 11.8 Å². The number of aryl methyl sites for hydroxylation is 2. The van der Waals surface area contributed by atoms with Crippen LogP contribution in [0.4, 0.5) is 0 Å². The smallest absolute Gasteiger partial charge is 0.224 e. The summed E-state index contributed by atoms with van der Waals surface area (Å²) in [7, 11) is 1.86. The Bertz CT molecular complexity index is 513. The van der Waals surface area contributed by atoms with E-state index in [9.17, 15) is 4.79 Å². The lowest BCUT2D eigenvalue weighted by Gasteiger charge is -2.35. The van der Waals surface area contributed by atoms with Gasteiger partial charge in [0.2, 0.25) is 5.91 Å². The van der Waals surface area contributed by atoms with E-state index in [0.717, 1.165) is 43.7 Å². The van der Waals surface area contributed by atoms with Gasteiger partial charge in [0, 0.05) is 31.7 Å². The number of hydrogen-bond acceptors (Lipinski definition) is 3. The predicted octanol–water partition coefficient (Wildman–Crippen LogP) is 1.09. The number of fused-ring (bicyclic) bond motifs is 1. The van der Waals surface area contributed by atoms with Crippen LogP contribution in [-0.2, 0) is 18.4 Å². The molecule has 1 N–H and O–H groups in total. The Morgan fingerprint density at radius 2 is 2.32 bits per heavy atom. The number of carbonyl (C=O) groups is 1. The Labute approximate surface area is 117 Å². The number of carbonyl (C=O) groups excluding carboxylic acids is 1. The summed E-state index contributed by atoms with van der Waals surface area (Å²) in [6.45, 7) is 4.57. The van der Waals surface area contributed by atoms with E-state index >= 15 is 0 Å². The van der Waals surface area contributed by atoms with Gasteiger partial charge >= 0.3 is 0 Å². The zero-order valence-corrected chi connectivity index (χ0v) is 12.1. The normalized spacial score (nSPS) is 27.4. The third-order valence-corrected chi connectivity index (χ3v) is 4.82. The predicted molar refractivity (Wildman–Crippen MR) is 72.9 cm³/mol. The number of likely N-dealkylation sites (tertiary alicyclic amines) is 1. The Morgan fingerprint density at radius 3 is 3.00 bits per heavy atom. The highest BCUT2D eigenvalue weighted by atomic mass is 35.5. The molecule has 3 rings (SSSR count). The van der Waals surface area contributed by atoms with Gasteiger partial charge in [-0.05, 0) is 26.3 Å². The molecule has 1 aromatic rings. The quantitative estimate of drug-likeness (QED) is 0.883. The van der Waals surface area contributed by atoms with E-state index in [2.05, 4.69) is 15.3 Å². The monoisotopic (exact) mass is 282 g/mol. The summed E-state index contributed by atoms with van der Waals surface area (Å²) in [5.41, 5.74) is 2.07. The van der Waals surface area contributed by atoms with Crippen molar-refractivity contribution in [2.75, 3.05) is 13.1 Å².